The van der Waals surface area contributed by atoms with Gasteiger partial charge in [0.1, 0.15) is 6.61 Å². The van der Waals surface area contributed by atoms with Crippen molar-refractivity contribution < 1.29 is 27.1 Å². The number of carbonyl (C=O) groups excluding carboxylic acids is 1. The average Bonchev–Trinajstić information content (AvgIpc) is 3.32. The summed E-state index contributed by atoms with van der Waals surface area (Å²) in [6.45, 7) is 1.11. The fraction of sp³-hybridized carbons (Fsp3) is 0.214. The molecule has 0 aliphatic carbocycles. The number of fused-ring (bicyclic) bond motifs is 1. The number of halogens is 4. The Morgan fingerprint density at radius 1 is 1.05 bits per heavy atom. The summed E-state index contributed by atoms with van der Waals surface area (Å²) >= 11 is 0. The second-order valence-electron chi connectivity index (χ2n) is 8.60. The molecule has 2 aromatic carbocycles. The number of rotatable bonds is 11. The third kappa shape index (κ3) is 7.50. The third-order valence-electron chi connectivity index (χ3n) is 5.80. The second kappa shape index (κ2) is 13.0. The average molecular weight is 555 g/mol. The van der Waals surface area contributed by atoms with Crippen LogP contribution in [0.1, 0.15) is 23.1 Å². The van der Waals surface area contributed by atoms with Crippen molar-refractivity contribution in [2.45, 2.75) is 12.6 Å². The van der Waals surface area contributed by atoms with E-state index in [9.17, 15) is 22.4 Å². The van der Waals surface area contributed by atoms with E-state index < -0.39 is 18.5 Å². The number of nitrogens with zero attached hydrogens (tertiary/aromatic N) is 3. The molecular formula is C28H26F4N6O2. The van der Waals surface area contributed by atoms with E-state index in [2.05, 4.69) is 30.8 Å². The summed E-state index contributed by atoms with van der Waals surface area (Å²) in [5.41, 5.74) is 1.55. The second-order valence-corrected chi connectivity index (χ2v) is 8.60. The van der Waals surface area contributed by atoms with Gasteiger partial charge in [-0.05, 0) is 34.4 Å². The quantitative estimate of drug-likeness (QED) is 0.108. The molecule has 3 N–H and O–H groups in total. The maximum Gasteiger partial charge on any atom is 0.393 e. The first kappa shape index (κ1) is 28.4. The largest absolute Gasteiger partial charge is 0.462 e. The third-order valence-corrected chi connectivity index (χ3v) is 5.80. The van der Waals surface area contributed by atoms with Crippen LogP contribution in [0, 0.1) is 5.95 Å². The van der Waals surface area contributed by atoms with Crippen LogP contribution in [0.15, 0.2) is 73.1 Å². The number of alkyl halides is 3. The predicted molar refractivity (Wildman–Crippen MR) is 143 cm³/mol. The number of hydrogen-bond donors (Lipinski definition) is 3. The van der Waals surface area contributed by atoms with Crippen molar-refractivity contribution in [1.29, 1.82) is 0 Å². The van der Waals surface area contributed by atoms with E-state index in [1.165, 1.54) is 37.7 Å². The maximum atomic E-state index is 14.3. The van der Waals surface area contributed by atoms with Crippen LogP contribution in [0.2, 0.25) is 0 Å². The number of H-pyrrole nitrogens is 1. The lowest BCUT2D eigenvalue weighted by Crippen LogP contribution is -2.22. The summed E-state index contributed by atoms with van der Waals surface area (Å²) < 4.78 is 61.4. The molecular weight excluding hydrogens is 528 g/mol. The standard InChI is InChI=1S/C28H26F4N6O2/c1-33-24(39)8-5-11-34-12-13-40-27-35-16-20(17-36-27)25(19-9-10-23-21(14-19)26(29)38-37-23)22(15-28(30,31)32)18-6-3-2-4-7-18/h2-10,14,16-17,34H,11-13,15H2,1H3,(H,33,39)(H,37,38)/b8-5+,25-22-. The van der Waals surface area contributed by atoms with E-state index in [1.54, 1.807) is 42.5 Å². The smallest absolute Gasteiger partial charge is 0.393 e. The normalized spacial score (nSPS) is 12.5. The molecule has 40 heavy (non-hydrogen) atoms. The van der Waals surface area contributed by atoms with Gasteiger partial charge in [0.25, 0.3) is 0 Å². The molecule has 12 heteroatoms. The van der Waals surface area contributed by atoms with Crippen LogP contribution in [0.3, 0.4) is 0 Å². The molecule has 0 unspecified atom stereocenters. The fourth-order valence-electron chi connectivity index (χ4n) is 3.99. The van der Waals surface area contributed by atoms with Crippen LogP contribution < -0.4 is 15.4 Å². The zero-order chi connectivity index (χ0) is 28.5. The minimum Gasteiger partial charge on any atom is -0.462 e. The number of allylic oxidation sites excluding steroid dienone is 1. The number of hydrogen-bond acceptors (Lipinski definition) is 6. The summed E-state index contributed by atoms with van der Waals surface area (Å²) in [7, 11) is 1.54. The van der Waals surface area contributed by atoms with E-state index in [-0.39, 0.29) is 35.1 Å². The number of likely N-dealkylation sites (N-methyl/N-ethyl adjacent to an activating group) is 1. The molecule has 4 aromatic rings. The van der Waals surface area contributed by atoms with Crippen LogP contribution in [-0.4, -0.2) is 59.0 Å². The van der Waals surface area contributed by atoms with Gasteiger partial charge in [-0.15, -0.1) is 0 Å². The summed E-state index contributed by atoms with van der Waals surface area (Å²) in [5, 5.41) is 11.8. The van der Waals surface area contributed by atoms with E-state index in [0.29, 0.717) is 35.3 Å². The van der Waals surface area contributed by atoms with Crippen LogP contribution in [0.4, 0.5) is 17.6 Å². The lowest BCUT2D eigenvalue weighted by Gasteiger charge is -2.18. The van der Waals surface area contributed by atoms with Gasteiger partial charge >= 0.3 is 12.2 Å². The number of carbonyl (C=O) groups is 1. The molecule has 0 bridgehead atoms. The van der Waals surface area contributed by atoms with Crippen LogP contribution >= 0.6 is 0 Å². The molecule has 208 valence electrons. The first-order chi connectivity index (χ1) is 19.2. The van der Waals surface area contributed by atoms with E-state index in [0.717, 1.165) is 0 Å². The maximum absolute atomic E-state index is 14.3. The van der Waals surface area contributed by atoms with Crippen molar-refractivity contribution >= 4 is 28.0 Å². The molecule has 0 spiro atoms. The van der Waals surface area contributed by atoms with Crippen molar-refractivity contribution in [3.63, 3.8) is 0 Å². The van der Waals surface area contributed by atoms with Gasteiger partial charge in [-0.25, -0.2) is 9.97 Å². The Kier molecular flexibility index (Phi) is 9.23. The van der Waals surface area contributed by atoms with Crippen molar-refractivity contribution in [3.05, 3.63) is 95.7 Å². The Morgan fingerprint density at radius 3 is 2.50 bits per heavy atom. The van der Waals surface area contributed by atoms with Crippen molar-refractivity contribution in [3.8, 4) is 6.01 Å². The van der Waals surface area contributed by atoms with Crippen LogP contribution in [0.25, 0.3) is 22.0 Å². The predicted octanol–water partition coefficient (Wildman–Crippen LogP) is 4.67. The molecule has 8 nitrogen and oxygen atoms in total. The lowest BCUT2D eigenvalue weighted by molar-refractivity contribution is -0.123. The molecule has 0 radical (unpaired) electrons. The molecule has 0 aliphatic heterocycles. The molecule has 4 rings (SSSR count). The summed E-state index contributed by atoms with van der Waals surface area (Å²) in [5.74, 6) is -0.897. The lowest BCUT2D eigenvalue weighted by atomic mass is 9.88. The Bertz CT molecular complexity index is 1500. The molecule has 0 saturated heterocycles. The molecule has 2 aromatic heterocycles. The van der Waals surface area contributed by atoms with Gasteiger partial charge in [-0.2, -0.15) is 22.7 Å². The van der Waals surface area contributed by atoms with Gasteiger partial charge in [-0.1, -0.05) is 42.5 Å². The minimum atomic E-state index is -4.52. The number of ether oxygens (including phenoxy) is 1. The SMILES string of the molecule is CNC(=O)/C=C/CNCCOc1ncc(/C(=C(/CC(F)(F)F)c2ccccc2)c2ccc3n[nH]c(F)c3c2)cn1. The first-order valence-corrected chi connectivity index (χ1v) is 12.3. The Morgan fingerprint density at radius 2 is 1.80 bits per heavy atom. The van der Waals surface area contributed by atoms with Gasteiger partial charge in [0.2, 0.25) is 11.9 Å². The number of benzene rings is 2. The monoisotopic (exact) mass is 554 g/mol. The topological polar surface area (TPSA) is 105 Å². The first-order valence-electron chi connectivity index (χ1n) is 12.3. The molecule has 0 fully saturated rings. The van der Waals surface area contributed by atoms with Gasteiger partial charge in [-0.3, -0.25) is 9.89 Å². The van der Waals surface area contributed by atoms with Crippen LogP contribution in [-0.2, 0) is 4.79 Å². The van der Waals surface area contributed by atoms with Gasteiger partial charge in [0, 0.05) is 44.2 Å². The highest BCUT2D eigenvalue weighted by Crippen LogP contribution is 2.39. The van der Waals surface area contributed by atoms with Gasteiger partial charge in [0.15, 0.2) is 0 Å². The van der Waals surface area contributed by atoms with Crippen LogP contribution in [0.5, 0.6) is 6.01 Å². The van der Waals surface area contributed by atoms with E-state index in [4.69, 9.17) is 4.74 Å². The molecule has 1 amide bonds. The zero-order valence-corrected chi connectivity index (χ0v) is 21.4. The Hall–Kier alpha value is -4.58. The molecule has 2 heterocycles. The molecule has 0 atom stereocenters. The summed E-state index contributed by atoms with van der Waals surface area (Å²) in [6.07, 6.45) is 0.0846. The van der Waals surface area contributed by atoms with Gasteiger partial charge in [0.05, 0.1) is 17.3 Å². The van der Waals surface area contributed by atoms with Crippen molar-refractivity contribution in [1.82, 2.24) is 30.8 Å². The Labute approximate surface area is 227 Å². The highest BCUT2D eigenvalue weighted by atomic mass is 19.4. The number of aromatic amines is 1. The molecule has 0 aliphatic rings. The van der Waals surface area contributed by atoms with E-state index in [1.807, 2.05) is 0 Å². The van der Waals surface area contributed by atoms with Crippen molar-refractivity contribution in [2.24, 2.45) is 0 Å². The highest BCUT2D eigenvalue weighted by Gasteiger charge is 2.32. The van der Waals surface area contributed by atoms with Crippen molar-refractivity contribution in [2.75, 3.05) is 26.7 Å². The van der Waals surface area contributed by atoms with Gasteiger partial charge < -0.3 is 15.4 Å². The zero-order valence-electron chi connectivity index (χ0n) is 21.4. The number of amides is 1. The summed E-state index contributed by atoms with van der Waals surface area (Å²) in [6, 6.07) is 12.8. The Balaban J connectivity index is 1.64. The minimum absolute atomic E-state index is 0.0115. The number of aromatic nitrogens is 4. The molecule has 0 saturated carbocycles. The van der Waals surface area contributed by atoms with E-state index >= 15 is 0 Å². The summed E-state index contributed by atoms with van der Waals surface area (Å²) in [4.78, 5) is 19.6. The fourth-order valence-corrected chi connectivity index (χ4v) is 3.99. The highest BCUT2D eigenvalue weighted by molar-refractivity contribution is 6.00. The number of nitrogens with one attached hydrogen (secondary N) is 3.